The largest absolute Gasteiger partial charge is 0.379 e. The number of ether oxygens (including phenoxy) is 1. The van der Waals surface area contributed by atoms with E-state index in [2.05, 4.69) is 16.5 Å². The molecule has 0 amide bonds. The molecular formula is C7H13N3O. The Labute approximate surface area is 66.7 Å². The Morgan fingerprint density at radius 1 is 1.45 bits per heavy atom. The van der Waals surface area contributed by atoms with Crippen molar-refractivity contribution in [2.75, 3.05) is 32.8 Å². The highest BCUT2D eigenvalue weighted by Gasteiger charge is 2.07. The molecule has 1 aliphatic heterocycles. The van der Waals surface area contributed by atoms with Gasteiger partial charge in [-0.3, -0.25) is 5.43 Å². The summed E-state index contributed by atoms with van der Waals surface area (Å²) in [4.78, 5) is 0. The minimum atomic E-state index is 0.567. The first-order chi connectivity index (χ1) is 5.43. The van der Waals surface area contributed by atoms with Crippen LogP contribution < -0.4 is 5.43 Å². The van der Waals surface area contributed by atoms with Gasteiger partial charge in [0, 0.05) is 26.1 Å². The van der Waals surface area contributed by atoms with Crippen molar-refractivity contribution in [1.29, 1.82) is 5.26 Å². The topological polar surface area (TPSA) is 48.3 Å². The molecule has 1 N–H and O–H groups in total. The van der Waals surface area contributed by atoms with Crippen LogP contribution in [0.1, 0.15) is 6.42 Å². The third-order valence-corrected chi connectivity index (χ3v) is 1.58. The van der Waals surface area contributed by atoms with Crippen molar-refractivity contribution in [2.45, 2.75) is 6.42 Å². The van der Waals surface area contributed by atoms with Gasteiger partial charge in [0.05, 0.1) is 19.3 Å². The van der Waals surface area contributed by atoms with Crippen molar-refractivity contribution in [2.24, 2.45) is 0 Å². The molecule has 0 atom stereocenters. The zero-order valence-corrected chi connectivity index (χ0v) is 6.55. The molecule has 1 fully saturated rings. The van der Waals surface area contributed by atoms with Crippen molar-refractivity contribution in [3.63, 3.8) is 0 Å². The predicted octanol–water partition coefficient (Wildman–Crippen LogP) is -0.263. The van der Waals surface area contributed by atoms with E-state index in [1.54, 1.807) is 0 Å². The number of nitrogens with one attached hydrogen (secondary N) is 1. The van der Waals surface area contributed by atoms with Crippen LogP contribution in [0.5, 0.6) is 0 Å². The highest BCUT2D eigenvalue weighted by molar-refractivity contribution is 4.70. The van der Waals surface area contributed by atoms with Gasteiger partial charge in [-0.2, -0.15) is 5.26 Å². The molecule has 0 aliphatic carbocycles. The molecule has 0 aromatic rings. The number of nitrogens with zero attached hydrogens (tertiary/aromatic N) is 2. The molecule has 1 saturated heterocycles. The summed E-state index contributed by atoms with van der Waals surface area (Å²) >= 11 is 0. The molecule has 1 heterocycles. The van der Waals surface area contributed by atoms with E-state index in [1.807, 2.05) is 0 Å². The van der Waals surface area contributed by atoms with E-state index in [1.165, 1.54) is 0 Å². The summed E-state index contributed by atoms with van der Waals surface area (Å²) in [5.41, 5.74) is 3.15. The van der Waals surface area contributed by atoms with Crippen LogP contribution in [0.3, 0.4) is 0 Å². The zero-order valence-electron chi connectivity index (χ0n) is 6.55. The quantitative estimate of drug-likeness (QED) is 0.570. The van der Waals surface area contributed by atoms with Crippen molar-refractivity contribution < 1.29 is 4.74 Å². The molecule has 4 nitrogen and oxygen atoms in total. The van der Waals surface area contributed by atoms with E-state index in [-0.39, 0.29) is 0 Å². The highest BCUT2D eigenvalue weighted by Crippen LogP contribution is 1.91. The summed E-state index contributed by atoms with van der Waals surface area (Å²) in [6.45, 7) is 4.17. The second-order valence-corrected chi connectivity index (χ2v) is 2.42. The van der Waals surface area contributed by atoms with E-state index in [0.717, 1.165) is 32.8 Å². The number of hydrogen-bond acceptors (Lipinski definition) is 4. The second-order valence-electron chi connectivity index (χ2n) is 2.42. The average Bonchev–Trinajstić information content (AvgIpc) is 2.07. The van der Waals surface area contributed by atoms with Crippen LogP contribution in [0, 0.1) is 11.3 Å². The van der Waals surface area contributed by atoms with Gasteiger partial charge in [-0.05, 0) is 0 Å². The van der Waals surface area contributed by atoms with Crippen LogP contribution in [0.2, 0.25) is 0 Å². The molecule has 0 saturated carbocycles. The molecule has 0 bridgehead atoms. The molecule has 11 heavy (non-hydrogen) atoms. The Morgan fingerprint density at radius 2 is 2.18 bits per heavy atom. The van der Waals surface area contributed by atoms with E-state index >= 15 is 0 Å². The Morgan fingerprint density at radius 3 is 2.82 bits per heavy atom. The van der Waals surface area contributed by atoms with Crippen LogP contribution in [0.15, 0.2) is 0 Å². The fourth-order valence-corrected chi connectivity index (χ4v) is 0.991. The van der Waals surface area contributed by atoms with Gasteiger partial charge in [-0.15, -0.1) is 0 Å². The first-order valence-corrected chi connectivity index (χ1v) is 3.86. The van der Waals surface area contributed by atoms with Gasteiger partial charge in [-0.25, -0.2) is 5.01 Å². The lowest BCUT2D eigenvalue weighted by atomic mass is 10.4. The zero-order chi connectivity index (χ0) is 7.94. The lowest BCUT2D eigenvalue weighted by Gasteiger charge is -2.26. The van der Waals surface area contributed by atoms with Gasteiger partial charge in [0.15, 0.2) is 0 Å². The Kier molecular flexibility index (Phi) is 3.91. The van der Waals surface area contributed by atoms with E-state index < -0.39 is 0 Å². The average molecular weight is 155 g/mol. The lowest BCUT2D eigenvalue weighted by molar-refractivity contribution is 0.0125. The maximum atomic E-state index is 8.26. The number of hydrogen-bond donors (Lipinski definition) is 1. The van der Waals surface area contributed by atoms with Gasteiger partial charge in [0.1, 0.15) is 0 Å². The van der Waals surface area contributed by atoms with E-state index in [0.29, 0.717) is 6.42 Å². The van der Waals surface area contributed by atoms with Crippen LogP contribution in [0.25, 0.3) is 0 Å². The summed E-state index contributed by atoms with van der Waals surface area (Å²) in [6, 6.07) is 2.09. The number of nitriles is 1. The Balaban J connectivity index is 2.01. The van der Waals surface area contributed by atoms with Gasteiger partial charge < -0.3 is 4.74 Å². The molecule has 0 aromatic heterocycles. The molecule has 0 aromatic carbocycles. The first-order valence-electron chi connectivity index (χ1n) is 3.86. The summed E-state index contributed by atoms with van der Waals surface area (Å²) < 4.78 is 5.16. The fraction of sp³-hybridized carbons (Fsp3) is 0.857. The molecule has 62 valence electrons. The summed E-state index contributed by atoms with van der Waals surface area (Å²) in [5.74, 6) is 0. The third-order valence-electron chi connectivity index (χ3n) is 1.58. The number of morpholine rings is 1. The maximum absolute atomic E-state index is 8.26. The van der Waals surface area contributed by atoms with Crippen molar-refractivity contribution >= 4 is 0 Å². The Bertz CT molecular complexity index is 137. The smallest absolute Gasteiger partial charge is 0.0635 e. The lowest BCUT2D eigenvalue weighted by Crippen LogP contribution is -2.45. The van der Waals surface area contributed by atoms with Gasteiger partial charge in [0.2, 0.25) is 0 Å². The fourth-order valence-electron chi connectivity index (χ4n) is 0.991. The summed E-state index contributed by atoms with van der Waals surface area (Å²) in [7, 11) is 0. The van der Waals surface area contributed by atoms with Gasteiger partial charge in [0.25, 0.3) is 0 Å². The second kappa shape index (κ2) is 5.08. The highest BCUT2D eigenvalue weighted by atomic mass is 16.5. The van der Waals surface area contributed by atoms with Crippen LogP contribution in [-0.2, 0) is 4.74 Å². The molecule has 0 unspecified atom stereocenters. The minimum Gasteiger partial charge on any atom is -0.379 e. The van der Waals surface area contributed by atoms with Crippen LogP contribution >= 0.6 is 0 Å². The first kappa shape index (κ1) is 8.47. The number of hydrazine groups is 1. The third kappa shape index (κ3) is 3.33. The molecule has 1 rings (SSSR count). The van der Waals surface area contributed by atoms with Crippen LogP contribution in [0.4, 0.5) is 0 Å². The molecule has 4 heteroatoms. The number of rotatable bonds is 3. The van der Waals surface area contributed by atoms with Crippen molar-refractivity contribution in [3.8, 4) is 6.07 Å². The van der Waals surface area contributed by atoms with Crippen molar-refractivity contribution in [3.05, 3.63) is 0 Å². The standard InChI is InChI=1S/C7H13N3O/c8-2-1-3-9-10-4-6-11-7-5-10/h9H,1,3-7H2. The SMILES string of the molecule is N#CCCNN1CCOCC1. The Hall–Kier alpha value is -0.630. The molecule has 1 aliphatic rings. The van der Waals surface area contributed by atoms with E-state index in [9.17, 15) is 0 Å². The molecular weight excluding hydrogens is 142 g/mol. The van der Waals surface area contributed by atoms with Gasteiger partial charge in [-0.1, -0.05) is 0 Å². The van der Waals surface area contributed by atoms with Crippen LogP contribution in [-0.4, -0.2) is 37.9 Å². The van der Waals surface area contributed by atoms with Gasteiger partial charge >= 0.3 is 0 Å². The monoisotopic (exact) mass is 155 g/mol. The minimum absolute atomic E-state index is 0.567. The van der Waals surface area contributed by atoms with E-state index in [4.69, 9.17) is 10.00 Å². The predicted molar refractivity (Wildman–Crippen MR) is 40.6 cm³/mol. The molecule has 0 radical (unpaired) electrons. The maximum Gasteiger partial charge on any atom is 0.0635 e. The molecule has 0 spiro atoms. The van der Waals surface area contributed by atoms with Crippen molar-refractivity contribution in [1.82, 2.24) is 10.4 Å². The summed E-state index contributed by atoms with van der Waals surface area (Å²) in [5, 5.41) is 10.4. The normalized spacial score (nSPS) is 19.5. The summed E-state index contributed by atoms with van der Waals surface area (Å²) in [6.07, 6.45) is 0.567.